The normalized spacial score (nSPS) is 13.3. The van der Waals surface area contributed by atoms with Crippen LogP contribution in [0.2, 0.25) is 17.3 Å². The smallest absolute Gasteiger partial charge is 0 e. The number of benzene rings is 3. The molecule has 6 rings (SSSR count). The minimum absolute atomic E-state index is 0. The van der Waals surface area contributed by atoms with Gasteiger partial charge in [-0.15, -0.1) is 23.8 Å². The Bertz CT molecular complexity index is 1870. The van der Waals surface area contributed by atoms with Crippen LogP contribution in [-0.4, -0.2) is 23.2 Å². The zero-order valence-corrected chi connectivity index (χ0v) is 28.6. The van der Waals surface area contributed by atoms with E-state index < -0.39 is 26.0 Å². The Labute approximate surface area is 264 Å². The van der Waals surface area contributed by atoms with Crippen molar-refractivity contribution in [3.8, 4) is 22.5 Å². The van der Waals surface area contributed by atoms with Crippen molar-refractivity contribution >= 4 is 49.2 Å². The van der Waals surface area contributed by atoms with E-state index in [1.807, 2.05) is 54.7 Å². The summed E-state index contributed by atoms with van der Waals surface area (Å²) >= 11 is -0.0389. The maximum absolute atomic E-state index is 8.42. The van der Waals surface area contributed by atoms with Gasteiger partial charge in [0, 0.05) is 36.5 Å². The molecule has 0 saturated carbocycles. The molecule has 0 N–H and O–H groups in total. The average molecular weight is 784 g/mol. The van der Waals surface area contributed by atoms with E-state index in [1.165, 1.54) is 20.7 Å². The van der Waals surface area contributed by atoms with Crippen LogP contribution in [0.15, 0.2) is 91.3 Å². The first-order chi connectivity index (χ1) is 20.2. The van der Waals surface area contributed by atoms with Crippen LogP contribution >= 0.6 is 11.3 Å². The summed E-state index contributed by atoms with van der Waals surface area (Å²) in [5.41, 5.74) is 4.17. The summed E-state index contributed by atoms with van der Waals surface area (Å²) < 4.78 is 35.5. The first-order valence-electron chi connectivity index (χ1n) is 15.0. The van der Waals surface area contributed by atoms with Gasteiger partial charge >= 0.3 is 99.8 Å². The summed E-state index contributed by atoms with van der Waals surface area (Å²) in [6.07, 6.45) is 3.43. The Kier molecular flexibility index (Phi) is 8.10. The maximum Gasteiger partial charge on any atom is 0 e. The van der Waals surface area contributed by atoms with Crippen molar-refractivity contribution < 1.29 is 25.6 Å². The van der Waals surface area contributed by atoms with Crippen LogP contribution in [0.1, 0.15) is 36.4 Å². The van der Waals surface area contributed by atoms with Crippen molar-refractivity contribution in [2.24, 2.45) is 0 Å². The van der Waals surface area contributed by atoms with E-state index in [0.29, 0.717) is 11.3 Å². The molecule has 2 nitrogen and oxygen atoms in total. The van der Waals surface area contributed by atoms with Gasteiger partial charge in [-0.1, -0.05) is 43.5 Å². The molecule has 0 saturated heterocycles. The first-order valence-corrected chi connectivity index (χ1v) is 21.2. The summed E-state index contributed by atoms with van der Waals surface area (Å²) in [4.78, 5) is 8.97. The number of aromatic nitrogens is 2. The molecule has 0 aliphatic carbocycles. The van der Waals surface area contributed by atoms with Crippen LogP contribution in [0.25, 0.3) is 42.7 Å². The number of thiophene rings is 1. The summed E-state index contributed by atoms with van der Waals surface area (Å²) in [6, 6.07) is 32.7. The summed E-state index contributed by atoms with van der Waals surface area (Å²) in [5, 5.41) is 2.32. The van der Waals surface area contributed by atoms with Gasteiger partial charge < -0.3 is 4.98 Å². The van der Waals surface area contributed by atoms with Crippen LogP contribution in [0.4, 0.5) is 0 Å². The van der Waals surface area contributed by atoms with Gasteiger partial charge in [-0.05, 0) is 45.7 Å². The predicted molar refractivity (Wildman–Crippen MR) is 172 cm³/mol. The number of rotatable bonds is 4. The van der Waals surface area contributed by atoms with Crippen LogP contribution in [0, 0.1) is 19.0 Å². The Morgan fingerprint density at radius 1 is 0.850 bits per heavy atom. The van der Waals surface area contributed by atoms with Crippen LogP contribution < -0.4 is 4.40 Å². The number of hydrogen-bond donors (Lipinski definition) is 0. The molecule has 3 aromatic carbocycles. The minimum Gasteiger partial charge on any atom is 0 e. The number of fused-ring (bicyclic) bond motifs is 3. The Morgan fingerprint density at radius 2 is 1.62 bits per heavy atom. The second kappa shape index (κ2) is 12.9. The van der Waals surface area contributed by atoms with Crippen molar-refractivity contribution in [2.45, 2.75) is 43.9 Å². The molecule has 5 heteroatoms. The molecule has 0 unspecified atom stereocenters. The fraction of sp³-hybridized carbons (Fsp3) is 0.200. The first kappa shape index (κ1) is 25.1. The van der Waals surface area contributed by atoms with Gasteiger partial charge in [-0.3, -0.25) is 0 Å². The van der Waals surface area contributed by atoms with Crippen molar-refractivity contribution in [1.82, 2.24) is 9.97 Å². The minimum atomic E-state index is -2.30. The average Bonchev–Trinajstić information content (AvgIpc) is 3.35. The molecule has 205 valence electrons. The van der Waals surface area contributed by atoms with Gasteiger partial charge in [0.05, 0.1) is 0 Å². The standard InChI is InChI=1S/C21H18NS.C14H16GeN.Ir/c1-13(2)18-11-19(22-12-14(18)3)17-9-6-8-16-15-7-4-5-10-20(15)23-21(16)17;1-15(2,3)13-9-10-14(16-11-13)12-7-5-4-6-8-12;/h4-8,10-13H,1-3H3;4-7,9-11H,1-3H3;/q2*-1;/i3D3,13D;;. The zero-order chi connectivity index (χ0) is 31.0. The van der Waals surface area contributed by atoms with Gasteiger partial charge in [0.15, 0.2) is 0 Å². The van der Waals surface area contributed by atoms with Crippen molar-refractivity contribution in [1.29, 1.82) is 0 Å². The van der Waals surface area contributed by atoms with Crippen molar-refractivity contribution in [2.75, 3.05) is 0 Å². The van der Waals surface area contributed by atoms with E-state index in [4.69, 9.17) is 5.48 Å². The molecule has 3 heterocycles. The van der Waals surface area contributed by atoms with Crippen molar-refractivity contribution in [3.63, 3.8) is 0 Å². The van der Waals surface area contributed by atoms with Crippen LogP contribution in [0.5, 0.6) is 0 Å². The molecule has 3 aromatic heterocycles. The topological polar surface area (TPSA) is 25.8 Å². The Balaban J connectivity index is 0.000000223. The van der Waals surface area contributed by atoms with Gasteiger partial charge in [-0.25, -0.2) is 0 Å². The SMILES string of the molecule is [2H]C([2H])([2H])c1cnc(-c2[c-]ccc3c2sc2ccccc23)cc1C([2H])(C)C.[CH3][Ge]([CH3])([CH3])[c]1ccc(-c2[c-]cccc2)nc1.[Ir]. The number of pyridine rings is 2. The van der Waals surface area contributed by atoms with Gasteiger partial charge in [0.1, 0.15) is 0 Å². The van der Waals surface area contributed by atoms with E-state index in [-0.39, 0.29) is 25.7 Å². The largest absolute Gasteiger partial charge is 0 e. The van der Waals surface area contributed by atoms with Crippen LogP contribution in [0.3, 0.4) is 0 Å². The molecular formula is C35H34GeIrN2S-2. The summed E-state index contributed by atoms with van der Waals surface area (Å²) in [5.74, 6) is 6.09. The predicted octanol–water partition coefficient (Wildman–Crippen LogP) is 9.44. The third kappa shape index (κ3) is 6.63. The molecule has 0 spiro atoms. The fourth-order valence-corrected chi connectivity index (χ4v) is 7.82. The van der Waals surface area contributed by atoms with E-state index >= 15 is 0 Å². The van der Waals surface area contributed by atoms with E-state index in [1.54, 1.807) is 31.3 Å². The quantitative estimate of drug-likeness (QED) is 0.132. The molecule has 0 bridgehead atoms. The molecule has 1 radical (unpaired) electrons. The molecule has 0 fully saturated rings. The third-order valence-electron chi connectivity index (χ3n) is 6.65. The maximum atomic E-state index is 8.42. The molecule has 6 aromatic rings. The second-order valence-electron chi connectivity index (χ2n) is 10.8. The molecule has 40 heavy (non-hydrogen) atoms. The van der Waals surface area contributed by atoms with Gasteiger partial charge in [-0.2, -0.15) is 11.3 Å². The van der Waals surface area contributed by atoms with Gasteiger partial charge in [0.2, 0.25) is 0 Å². The summed E-state index contributed by atoms with van der Waals surface area (Å²) in [7, 11) is 0. The second-order valence-corrected chi connectivity index (χ2v) is 22.5. The number of hydrogen-bond acceptors (Lipinski definition) is 3. The monoisotopic (exact) mass is 785 g/mol. The molecule has 0 aliphatic heterocycles. The van der Waals surface area contributed by atoms with E-state index in [2.05, 4.69) is 63.6 Å². The fourth-order valence-electron chi connectivity index (χ4n) is 4.44. The van der Waals surface area contributed by atoms with E-state index in [0.717, 1.165) is 26.9 Å². The number of aryl methyl sites for hydroxylation is 1. The molecule has 0 aliphatic rings. The summed E-state index contributed by atoms with van der Waals surface area (Å²) in [6.45, 7) is 1.10. The van der Waals surface area contributed by atoms with E-state index in [9.17, 15) is 0 Å². The van der Waals surface area contributed by atoms with Gasteiger partial charge in [0.25, 0.3) is 0 Å². The number of nitrogens with zero attached hydrogens (tertiary/aromatic N) is 2. The molecular weight excluding hydrogens is 745 g/mol. The molecule has 0 atom stereocenters. The van der Waals surface area contributed by atoms with Crippen LogP contribution in [-0.2, 0) is 20.1 Å². The van der Waals surface area contributed by atoms with Crippen molar-refractivity contribution in [3.05, 3.63) is 115 Å². The zero-order valence-electron chi connectivity index (χ0n) is 27.3. The molecule has 0 amide bonds. The Hall–Kier alpha value is -2.63. The third-order valence-corrected chi connectivity index (χ3v) is 12.1. The Morgan fingerprint density at radius 3 is 2.30 bits per heavy atom.